The Labute approximate surface area is 82.7 Å². The second kappa shape index (κ2) is 4.84. The van der Waals surface area contributed by atoms with Gasteiger partial charge in [-0.05, 0) is 16.7 Å². The molecule has 5 heteroatoms. The number of ether oxygens (including phenoxy) is 1. The van der Waals surface area contributed by atoms with E-state index in [4.69, 9.17) is 0 Å². The van der Waals surface area contributed by atoms with Gasteiger partial charge in [-0.2, -0.15) is 0 Å². The summed E-state index contributed by atoms with van der Waals surface area (Å²) in [5.74, 6) is -0.513. The van der Waals surface area contributed by atoms with Gasteiger partial charge in [-0.25, -0.2) is 4.79 Å². The maximum absolute atomic E-state index is 11.4. The molecule has 0 radical (unpaired) electrons. The molecule has 0 bridgehead atoms. The smallest absolute Gasteiger partial charge is 0.465 e. The minimum atomic E-state index is -1.98. The van der Waals surface area contributed by atoms with Crippen LogP contribution in [0.3, 0.4) is 0 Å². The lowest BCUT2D eigenvalue weighted by molar-refractivity contribution is 0.0602. The number of carbonyl (C=O) groups is 1. The van der Waals surface area contributed by atoms with E-state index in [1.165, 1.54) is 14.2 Å². The van der Waals surface area contributed by atoms with Crippen molar-refractivity contribution in [1.82, 2.24) is 0 Å². The Balaban J connectivity index is 3.15. The number of rotatable bonds is 3. The van der Waals surface area contributed by atoms with Crippen molar-refractivity contribution in [1.29, 1.82) is 0 Å². The molecule has 1 aromatic rings. The van der Waals surface area contributed by atoms with Gasteiger partial charge >= 0.3 is 14.0 Å². The summed E-state index contributed by atoms with van der Waals surface area (Å²) in [6, 6.07) is 6.49. The Morgan fingerprint density at radius 1 is 1.29 bits per heavy atom. The lowest BCUT2D eigenvalue weighted by Gasteiger charge is -1.97. The van der Waals surface area contributed by atoms with Crippen LogP contribution in [0.4, 0.5) is 0 Å². The average Bonchev–Trinajstić information content (AvgIpc) is 2.27. The highest BCUT2D eigenvalue weighted by atomic mass is 31.1. The molecular formula is C9H10O4P+. The number of esters is 1. The van der Waals surface area contributed by atoms with Crippen molar-refractivity contribution in [2.24, 2.45) is 0 Å². The minimum absolute atomic E-state index is 0.276. The first-order chi connectivity index (χ1) is 6.70. The predicted molar refractivity (Wildman–Crippen MR) is 52.0 cm³/mol. The first-order valence-electron chi connectivity index (χ1n) is 3.89. The van der Waals surface area contributed by atoms with Crippen LogP contribution in [0, 0.1) is 0 Å². The molecule has 1 atom stereocenters. The fourth-order valence-electron chi connectivity index (χ4n) is 1.01. The van der Waals surface area contributed by atoms with E-state index in [0.29, 0.717) is 5.30 Å². The van der Waals surface area contributed by atoms with Gasteiger partial charge in [-0.15, -0.1) is 4.52 Å². The largest absolute Gasteiger partial charge is 0.549 e. The molecule has 14 heavy (non-hydrogen) atoms. The number of hydrogen-bond donors (Lipinski definition) is 0. The standard InChI is InChI=1S/C9H10O4P/c1-12-9(10)7-5-3-4-6-8(7)14(11)13-2/h3-6H,1-2H3/q+1. The highest BCUT2D eigenvalue weighted by Gasteiger charge is 2.27. The molecule has 0 N–H and O–H groups in total. The molecule has 74 valence electrons. The van der Waals surface area contributed by atoms with Gasteiger partial charge in [0.25, 0.3) is 0 Å². The number of benzene rings is 1. The topological polar surface area (TPSA) is 52.6 Å². The van der Waals surface area contributed by atoms with Crippen molar-refractivity contribution in [3.05, 3.63) is 29.8 Å². The van der Waals surface area contributed by atoms with Crippen LogP contribution >= 0.6 is 8.03 Å². The summed E-state index contributed by atoms with van der Waals surface area (Å²) >= 11 is 0. The van der Waals surface area contributed by atoms with Gasteiger partial charge in [0.05, 0.1) is 14.2 Å². The van der Waals surface area contributed by atoms with E-state index >= 15 is 0 Å². The maximum atomic E-state index is 11.4. The number of hydrogen-bond acceptors (Lipinski definition) is 4. The molecule has 0 spiro atoms. The fourth-order valence-corrected chi connectivity index (χ4v) is 1.78. The molecular weight excluding hydrogens is 203 g/mol. The molecule has 1 unspecified atom stereocenters. The van der Waals surface area contributed by atoms with Gasteiger partial charge in [0.2, 0.25) is 5.30 Å². The molecule has 4 nitrogen and oxygen atoms in total. The summed E-state index contributed by atoms with van der Waals surface area (Å²) in [5.41, 5.74) is 0.276. The van der Waals surface area contributed by atoms with Crippen molar-refractivity contribution in [2.45, 2.75) is 0 Å². The Bertz CT molecular complexity index is 327. The molecule has 1 rings (SSSR count). The van der Waals surface area contributed by atoms with Gasteiger partial charge in [0.15, 0.2) is 0 Å². The van der Waals surface area contributed by atoms with Crippen molar-refractivity contribution in [3.63, 3.8) is 0 Å². The van der Waals surface area contributed by atoms with Crippen LogP contribution in [0.25, 0.3) is 0 Å². The summed E-state index contributed by atoms with van der Waals surface area (Å²) < 4.78 is 20.6. The van der Waals surface area contributed by atoms with Crippen LogP contribution in [0.2, 0.25) is 0 Å². The molecule has 1 aromatic carbocycles. The van der Waals surface area contributed by atoms with Gasteiger partial charge in [0, 0.05) is 0 Å². The van der Waals surface area contributed by atoms with E-state index in [9.17, 15) is 9.36 Å². The third-order valence-corrected chi connectivity index (χ3v) is 2.79. The third-order valence-electron chi connectivity index (χ3n) is 1.67. The van der Waals surface area contributed by atoms with Crippen molar-refractivity contribution < 1.29 is 18.6 Å². The highest BCUT2D eigenvalue weighted by molar-refractivity contribution is 7.48. The molecule has 0 saturated carbocycles. The number of carbonyl (C=O) groups excluding carboxylic acids is 1. The molecule has 0 heterocycles. The van der Waals surface area contributed by atoms with Crippen LogP contribution in [0.1, 0.15) is 10.4 Å². The maximum Gasteiger partial charge on any atom is 0.549 e. The molecule has 0 aromatic heterocycles. The third kappa shape index (κ3) is 2.16. The van der Waals surface area contributed by atoms with Gasteiger partial charge < -0.3 is 4.74 Å². The van der Waals surface area contributed by atoms with E-state index in [1.54, 1.807) is 24.3 Å². The van der Waals surface area contributed by atoms with Crippen molar-refractivity contribution in [3.8, 4) is 0 Å². The first-order valence-corrected chi connectivity index (χ1v) is 5.07. The van der Waals surface area contributed by atoms with E-state index < -0.39 is 14.0 Å². The minimum Gasteiger partial charge on any atom is -0.465 e. The molecule has 0 aliphatic rings. The van der Waals surface area contributed by atoms with Gasteiger partial charge in [-0.3, -0.25) is 0 Å². The Hall–Kier alpha value is -1.25. The fraction of sp³-hybridized carbons (Fsp3) is 0.222. The van der Waals surface area contributed by atoms with E-state index in [1.807, 2.05) is 0 Å². The van der Waals surface area contributed by atoms with Crippen LogP contribution < -0.4 is 5.30 Å². The highest BCUT2D eigenvalue weighted by Crippen LogP contribution is 2.22. The van der Waals surface area contributed by atoms with Crippen LogP contribution in [0.15, 0.2) is 24.3 Å². The zero-order valence-electron chi connectivity index (χ0n) is 7.89. The van der Waals surface area contributed by atoms with E-state index in [0.717, 1.165) is 0 Å². The zero-order chi connectivity index (χ0) is 10.6. The lowest BCUT2D eigenvalue weighted by atomic mass is 10.2. The molecule has 0 fully saturated rings. The van der Waals surface area contributed by atoms with Crippen LogP contribution in [0.5, 0.6) is 0 Å². The lowest BCUT2D eigenvalue weighted by Crippen LogP contribution is -2.13. The summed E-state index contributed by atoms with van der Waals surface area (Å²) in [6.45, 7) is 0. The SMILES string of the molecule is COC(=O)c1ccccc1[P+](=O)OC. The number of methoxy groups -OCH3 is 1. The first kappa shape index (κ1) is 10.8. The van der Waals surface area contributed by atoms with Crippen LogP contribution in [-0.4, -0.2) is 20.2 Å². The second-order valence-corrected chi connectivity index (χ2v) is 3.81. The summed E-state index contributed by atoms with van der Waals surface area (Å²) in [5, 5.41) is 0.358. The summed E-state index contributed by atoms with van der Waals surface area (Å²) in [4.78, 5) is 11.2. The monoisotopic (exact) mass is 213 g/mol. The quantitative estimate of drug-likeness (QED) is 0.563. The summed E-state index contributed by atoms with van der Waals surface area (Å²) in [7, 11) is 0.620. The van der Waals surface area contributed by atoms with Gasteiger partial charge in [0.1, 0.15) is 5.56 Å². The van der Waals surface area contributed by atoms with E-state index in [-0.39, 0.29) is 5.56 Å². The summed E-state index contributed by atoms with van der Waals surface area (Å²) in [6.07, 6.45) is 0. The second-order valence-electron chi connectivity index (χ2n) is 2.45. The van der Waals surface area contributed by atoms with Crippen molar-refractivity contribution >= 4 is 19.3 Å². The molecule has 0 aliphatic heterocycles. The predicted octanol–water partition coefficient (Wildman–Crippen LogP) is 1.49. The van der Waals surface area contributed by atoms with Gasteiger partial charge in [-0.1, -0.05) is 12.1 Å². The Kier molecular flexibility index (Phi) is 3.74. The normalized spacial score (nSPS) is 10.9. The zero-order valence-corrected chi connectivity index (χ0v) is 8.78. The Morgan fingerprint density at radius 3 is 2.50 bits per heavy atom. The molecule has 0 amide bonds. The molecule has 0 aliphatic carbocycles. The van der Waals surface area contributed by atoms with Crippen molar-refractivity contribution in [2.75, 3.05) is 14.2 Å². The average molecular weight is 213 g/mol. The van der Waals surface area contributed by atoms with Crippen LogP contribution in [-0.2, 0) is 13.8 Å². The Morgan fingerprint density at radius 2 is 1.93 bits per heavy atom. The van der Waals surface area contributed by atoms with E-state index in [2.05, 4.69) is 9.26 Å². The molecule has 0 saturated heterocycles.